The zero-order chi connectivity index (χ0) is 16.5. The van der Waals surface area contributed by atoms with Gasteiger partial charge >= 0.3 is 15.8 Å². The molecule has 0 saturated heterocycles. The zero-order valence-corrected chi connectivity index (χ0v) is 13.3. The summed E-state index contributed by atoms with van der Waals surface area (Å²) in [5, 5.41) is 11.2. The fraction of sp³-hybridized carbons (Fsp3) is 0.250. The highest BCUT2D eigenvalue weighted by molar-refractivity contribution is 7.90. The molecule has 0 aliphatic heterocycles. The van der Waals surface area contributed by atoms with Crippen LogP contribution in [0.2, 0.25) is 5.02 Å². The monoisotopic (exact) mass is 345 g/mol. The van der Waals surface area contributed by atoms with Crippen molar-refractivity contribution in [2.75, 3.05) is 6.61 Å². The molecule has 0 N–H and O–H groups in total. The zero-order valence-electron chi connectivity index (χ0n) is 11.7. The molecule has 0 atom stereocenters. The van der Waals surface area contributed by atoms with Crippen LogP contribution in [0.4, 0.5) is 5.82 Å². The second kappa shape index (κ2) is 5.93. The number of imidazole rings is 1. The summed E-state index contributed by atoms with van der Waals surface area (Å²) in [6.07, 6.45) is 0.887. The highest BCUT2D eigenvalue weighted by Crippen LogP contribution is 2.31. The van der Waals surface area contributed by atoms with E-state index in [9.17, 15) is 18.5 Å². The third-order valence-corrected chi connectivity index (χ3v) is 4.82. The first-order valence-corrected chi connectivity index (χ1v) is 7.97. The molecule has 0 bridgehead atoms. The van der Waals surface area contributed by atoms with Gasteiger partial charge in [0.15, 0.2) is 4.90 Å². The SMILES string of the molecule is CCOc1ccc(Cl)cc1S(=O)(=O)n1c([N+](=O)[O-])cnc1C. The first-order chi connectivity index (χ1) is 10.3. The third kappa shape index (κ3) is 2.77. The van der Waals surface area contributed by atoms with E-state index in [1.165, 1.54) is 25.1 Å². The molecule has 2 rings (SSSR count). The van der Waals surface area contributed by atoms with Gasteiger partial charge in [-0.15, -0.1) is 0 Å². The Labute approximate surface area is 131 Å². The highest BCUT2D eigenvalue weighted by Gasteiger charge is 2.34. The number of rotatable bonds is 5. The molecule has 1 heterocycles. The largest absolute Gasteiger partial charge is 0.492 e. The second-order valence-corrected chi connectivity index (χ2v) is 6.41. The molecular weight excluding hydrogens is 334 g/mol. The molecule has 0 aliphatic carbocycles. The summed E-state index contributed by atoms with van der Waals surface area (Å²) < 4.78 is 31.4. The number of hydrogen-bond donors (Lipinski definition) is 0. The molecule has 10 heteroatoms. The number of aryl methyl sites for hydroxylation is 1. The summed E-state index contributed by atoms with van der Waals surface area (Å²) >= 11 is 5.85. The van der Waals surface area contributed by atoms with Gasteiger partial charge in [0, 0.05) is 11.9 Å². The van der Waals surface area contributed by atoms with Crippen molar-refractivity contribution in [3.63, 3.8) is 0 Å². The van der Waals surface area contributed by atoms with Crippen LogP contribution in [-0.2, 0) is 10.0 Å². The Morgan fingerprint density at radius 2 is 2.14 bits per heavy atom. The standard InChI is InChI=1S/C12H12ClN3O5S/c1-3-21-10-5-4-9(13)6-11(10)22(19,20)15-8(2)14-7-12(15)16(17)18/h4-7H,3H2,1-2H3. The van der Waals surface area contributed by atoms with Crippen molar-refractivity contribution in [1.29, 1.82) is 0 Å². The lowest BCUT2D eigenvalue weighted by atomic mass is 10.3. The number of aromatic nitrogens is 2. The average molecular weight is 346 g/mol. The number of nitro groups is 1. The van der Waals surface area contributed by atoms with Gasteiger partial charge in [0.05, 0.1) is 6.61 Å². The van der Waals surface area contributed by atoms with Crippen molar-refractivity contribution >= 4 is 27.4 Å². The summed E-state index contributed by atoms with van der Waals surface area (Å²) in [7, 11) is -4.27. The van der Waals surface area contributed by atoms with E-state index in [2.05, 4.69) is 4.98 Å². The van der Waals surface area contributed by atoms with Gasteiger partial charge in [-0.05, 0) is 30.0 Å². The molecule has 0 radical (unpaired) electrons. The molecule has 2 aromatic rings. The topological polar surface area (TPSA) is 104 Å². The van der Waals surface area contributed by atoms with Gasteiger partial charge in [-0.3, -0.25) is 0 Å². The van der Waals surface area contributed by atoms with Gasteiger partial charge in [-0.2, -0.15) is 8.42 Å². The predicted molar refractivity (Wildman–Crippen MR) is 78.8 cm³/mol. The minimum Gasteiger partial charge on any atom is -0.492 e. The fourth-order valence-electron chi connectivity index (χ4n) is 1.90. The van der Waals surface area contributed by atoms with Crippen LogP contribution in [0.1, 0.15) is 12.7 Å². The second-order valence-electron chi connectivity index (χ2n) is 4.21. The molecule has 8 nitrogen and oxygen atoms in total. The summed E-state index contributed by atoms with van der Waals surface area (Å²) in [5.41, 5.74) is 0. The highest BCUT2D eigenvalue weighted by atomic mass is 35.5. The smallest absolute Gasteiger partial charge is 0.358 e. The Kier molecular flexibility index (Phi) is 4.38. The predicted octanol–water partition coefficient (Wildman–Crippen LogP) is 2.39. The first kappa shape index (κ1) is 16.2. The van der Waals surface area contributed by atoms with Crippen LogP contribution in [0.25, 0.3) is 0 Å². The summed E-state index contributed by atoms with van der Waals surface area (Å²) in [6.45, 7) is 3.28. The van der Waals surface area contributed by atoms with Crippen molar-refractivity contribution in [1.82, 2.24) is 8.96 Å². The lowest BCUT2D eigenvalue weighted by Gasteiger charge is -2.10. The van der Waals surface area contributed by atoms with Crippen LogP contribution < -0.4 is 4.74 Å². The van der Waals surface area contributed by atoms with Crippen molar-refractivity contribution in [2.24, 2.45) is 0 Å². The molecule has 1 aromatic heterocycles. The Hall–Kier alpha value is -2.13. The Bertz CT molecular complexity index is 831. The van der Waals surface area contributed by atoms with Crippen molar-refractivity contribution in [3.05, 3.63) is 45.4 Å². The fourth-order valence-corrected chi connectivity index (χ4v) is 3.74. The Morgan fingerprint density at radius 1 is 1.45 bits per heavy atom. The minimum atomic E-state index is -4.27. The maximum Gasteiger partial charge on any atom is 0.358 e. The van der Waals surface area contributed by atoms with Gasteiger partial charge in [0.1, 0.15) is 11.9 Å². The Morgan fingerprint density at radius 3 is 2.73 bits per heavy atom. The quantitative estimate of drug-likeness (QED) is 0.608. The molecule has 118 valence electrons. The Balaban J connectivity index is 2.74. The molecule has 0 fully saturated rings. The molecule has 0 unspecified atom stereocenters. The van der Waals surface area contributed by atoms with E-state index in [4.69, 9.17) is 16.3 Å². The number of hydrogen-bond acceptors (Lipinski definition) is 6. The summed E-state index contributed by atoms with van der Waals surface area (Å²) in [6, 6.07) is 4.06. The molecule has 0 spiro atoms. The van der Waals surface area contributed by atoms with E-state index in [1.807, 2.05) is 0 Å². The lowest BCUT2D eigenvalue weighted by Crippen LogP contribution is -2.17. The maximum atomic E-state index is 12.8. The lowest BCUT2D eigenvalue weighted by molar-refractivity contribution is -0.390. The van der Waals surface area contributed by atoms with E-state index < -0.39 is 20.8 Å². The van der Waals surface area contributed by atoms with Crippen LogP contribution in [0.3, 0.4) is 0 Å². The normalized spacial score (nSPS) is 11.4. The molecular formula is C12H12ClN3O5S. The van der Waals surface area contributed by atoms with Crippen LogP contribution in [0, 0.1) is 17.0 Å². The van der Waals surface area contributed by atoms with Crippen LogP contribution >= 0.6 is 11.6 Å². The number of nitrogens with zero attached hydrogens (tertiary/aromatic N) is 3. The van der Waals surface area contributed by atoms with Crippen molar-refractivity contribution < 1.29 is 18.1 Å². The van der Waals surface area contributed by atoms with Crippen LogP contribution in [0.5, 0.6) is 5.75 Å². The summed E-state index contributed by atoms with van der Waals surface area (Å²) in [4.78, 5) is 13.6. The van der Waals surface area contributed by atoms with Gasteiger partial charge in [0.25, 0.3) is 0 Å². The van der Waals surface area contributed by atoms with E-state index in [1.54, 1.807) is 6.92 Å². The molecule has 0 aliphatic rings. The number of ether oxygens (including phenoxy) is 1. The first-order valence-electron chi connectivity index (χ1n) is 6.15. The van der Waals surface area contributed by atoms with Crippen LogP contribution in [0.15, 0.2) is 29.3 Å². The van der Waals surface area contributed by atoms with Crippen molar-refractivity contribution in [2.45, 2.75) is 18.7 Å². The number of halogens is 1. The van der Waals surface area contributed by atoms with Gasteiger partial charge < -0.3 is 14.9 Å². The third-order valence-electron chi connectivity index (χ3n) is 2.78. The molecule has 0 amide bonds. The van der Waals surface area contributed by atoms with E-state index in [0.29, 0.717) is 3.97 Å². The molecule has 1 aromatic carbocycles. The van der Waals surface area contributed by atoms with Gasteiger partial charge in [0.2, 0.25) is 5.82 Å². The van der Waals surface area contributed by atoms with Gasteiger partial charge in [-0.25, -0.2) is 4.98 Å². The van der Waals surface area contributed by atoms with E-state index >= 15 is 0 Å². The van der Waals surface area contributed by atoms with Gasteiger partial charge in [-0.1, -0.05) is 15.6 Å². The van der Waals surface area contributed by atoms with E-state index in [0.717, 1.165) is 6.20 Å². The minimum absolute atomic E-state index is 0.0332. The molecule has 22 heavy (non-hydrogen) atoms. The molecule has 0 saturated carbocycles. The van der Waals surface area contributed by atoms with Crippen LogP contribution in [-0.4, -0.2) is 28.9 Å². The maximum absolute atomic E-state index is 12.8. The van der Waals surface area contributed by atoms with E-state index in [-0.39, 0.29) is 28.1 Å². The average Bonchev–Trinajstić information content (AvgIpc) is 2.83. The summed E-state index contributed by atoms with van der Waals surface area (Å²) in [5.74, 6) is -0.622. The number of benzene rings is 1. The van der Waals surface area contributed by atoms with Crippen molar-refractivity contribution in [3.8, 4) is 5.75 Å².